The van der Waals surface area contributed by atoms with Crippen molar-refractivity contribution in [1.29, 1.82) is 0 Å². The highest BCUT2D eigenvalue weighted by Crippen LogP contribution is 2.33. The molecule has 7 nitrogen and oxygen atoms in total. The van der Waals surface area contributed by atoms with Gasteiger partial charge in [0.15, 0.2) is 5.82 Å². The van der Waals surface area contributed by atoms with E-state index in [1.807, 2.05) is 59.9 Å². The van der Waals surface area contributed by atoms with Crippen molar-refractivity contribution in [2.45, 2.75) is 45.5 Å². The Kier molecular flexibility index (Phi) is 6.95. The van der Waals surface area contributed by atoms with Gasteiger partial charge < -0.3 is 14.6 Å². The summed E-state index contributed by atoms with van der Waals surface area (Å²) in [5.41, 5.74) is 4.37. The van der Waals surface area contributed by atoms with Gasteiger partial charge >= 0.3 is 14.5 Å². The zero-order valence-corrected chi connectivity index (χ0v) is 18.6. The zero-order valence-electron chi connectivity index (χ0n) is 18.6. The Bertz CT molecular complexity index is 1010. The summed E-state index contributed by atoms with van der Waals surface area (Å²) in [5.74, 6) is 0.863. The third-order valence-corrected chi connectivity index (χ3v) is 6.12. The number of aryl methyl sites for hydroxylation is 1. The lowest BCUT2D eigenvalue weighted by Gasteiger charge is -2.36. The highest BCUT2D eigenvalue weighted by molar-refractivity contribution is 6.45. The maximum absolute atomic E-state index is 9.96. The molecule has 9 heteroatoms. The Hall–Kier alpha value is -2.35. The molecule has 0 bridgehead atoms. The lowest BCUT2D eigenvalue weighted by molar-refractivity contribution is 0.142. The van der Waals surface area contributed by atoms with E-state index in [4.69, 9.17) is 14.7 Å². The van der Waals surface area contributed by atoms with Crippen molar-refractivity contribution < 1.29 is 9.78 Å². The lowest BCUT2D eigenvalue weighted by atomic mass is 9.86. The van der Waals surface area contributed by atoms with Gasteiger partial charge in [-0.1, -0.05) is 18.2 Å². The van der Waals surface area contributed by atoms with E-state index >= 15 is 0 Å². The normalized spacial score (nSPS) is 16.0. The number of para-hydroxylation sites is 2. The number of benzene rings is 1. The average molecular weight is 418 g/mol. The monoisotopic (exact) mass is 418 g/mol. The third kappa shape index (κ3) is 4.79. The summed E-state index contributed by atoms with van der Waals surface area (Å²) in [6.45, 7) is 5.84. The fourth-order valence-electron chi connectivity index (χ4n) is 4.32. The Morgan fingerprint density at radius 2 is 2.10 bits per heavy atom. The number of imidazole rings is 1. The van der Waals surface area contributed by atoms with Crippen LogP contribution in [0.3, 0.4) is 0 Å². The first-order valence-corrected chi connectivity index (χ1v) is 11.1. The van der Waals surface area contributed by atoms with Crippen LogP contribution >= 0.6 is 0 Å². The molecule has 0 aliphatic heterocycles. The highest BCUT2D eigenvalue weighted by atomic mass is 16.6. The highest BCUT2D eigenvalue weighted by Gasteiger charge is 2.29. The molecule has 0 fully saturated rings. The number of hydrogen-bond acceptors (Lipinski definition) is 6. The van der Waals surface area contributed by atoms with Crippen LogP contribution in [0.2, 0.25) is 13.6 Å². The van der Waals surface area contributed by atoms with E-state index in [0.29, 0.717) is 6.54 Å². The smallest absolute Gasteiger partial charge is 0.405 e. The molecule has 0 amide bonds. The van der Waals surface area contributed by atoms with E-state index in [2.05, 4.69) is 11.0 Å². The van der Waals surface area contributed by atoms with E-state index in [1.165, 1.54) is 11.3 Å². The first-order valence-electron chi connectivity index (χ1n) is 11.1. The molecule has 2 heterocycles. The SMILES string of the molecule is C[B]On1c(CN(CCN(C)B(C)O)C2CCCc3cccnc32)nc2ccccc21. The van der Waals surface area contributed by atoms with Gasteiger partial charge in [0.2, 0.25) is 0 Å². The molecule has 161 valence electrons. The molecule has 1 aliphatic rings. The molecule has 1 N–H and O–H groups in total. The summed E-state index contributed by atoms with van der Waals surface area (Å²) >= 11 is 0. The number of pyridine rings is 1. The third-order valence-electron chi connectivity index (χ3n) is 6.12. The molecule has 3 aromatic rings. The summed E-state index contributed by atoms with van der Waals surface area (Å²) in [4.78, 5) is 14.0. The van der Waals surface area contributed by atoms with Crippen molar-refractivity contribution in [3.05, 3.63) is 59.7 Å². The van der Waals surface area contributed by atoms with Crippen molar-refractivity contribution in [3.63, 3.8) is 0 Å². The van der Waals surface area contributed by atoms with Gasteiger partial charge in [-0.25, -0.2) is 4.98 Å². The van der Waals surface area contributed by atoms with E-state index in [0.717, 1.165) is 49.2 Å². The minimum atomic E-state index is -0.485. The Morgan fingerprint density at radius 3 is 2.90 bits per heavy atom. The van der Waals surface area contributed by atoms with E-state index in [-0.39, 0.29) is 6.04 Å². The number of hydrogen-bond donors (Lipinski definition) is 1. The molecule has 1 atom stereocenters. The molecular formula is C22H30B2N5O2. The molecule has 1 radical (unpaired) electrons. The molecule has 0 saturated carbocycles. The molecule has 1 aliphatic carbocycles. The Balaban J connectivity index is 1.67. The minimum absolute atomic E-state index is 0.214. The minimum Gasteiger partial charge on any atom is -0.488 e. The summed E-state index contributed by atoms with van der Waals surface area (Å²) in [6, 6.07) is 12.5. The van der Waals surface area contributed by atoms with E-state index in [1.54, 1.807) is 14.3 Å². The van der Waals surface area contributed by atoms with Crippen LogP contribution in [-0.4, -0.2) is 64.1 Å². The van der Waals surface area contributed by atoms with Gasteiger partial charge in [0.1, 0.15) is 5.52 Å². The van der Waals surface area contributed by atoms with Gasteiger partial charge in [-0.2, -0.15) is 4.73 Å². The number of nitrogens with zero attached hydrogens (tertiary/aromatic N) is 5. The summed E-state index contributed by atoms with van der Waals surface area (Å²) in [5, 5.41) is 9.96. The molecule has 2 aromatic heterocycles. The molecule has 0 spiro atoms. The Morgan fingerprint density at radius 1 is 1.26 bits per heavy atom. The van der Waals surface area contributed by atoms with Crippen LogP contribution in [0.1, 0.15) is 36.0 Å². The van der Waals surface area contributed by atoms with Gasteiger partial charge in [-0.15, -0.1) is 0 Å². The quantitative estimate of drug-likeness (QED) is 0.539. The molecule has 1 aromatic carbocycles. The largest absolute Gasteiger partial charge is 0.488 e. The van der Waals surface area contributed by atoms with Crippen LogP contribution in [0.4, 0.5) is 0 Å². The van der Waals surface area contributed by atoms with Gasteiger partial charge in [-0.3, -0.25) is 9.88 Å². The molecule has 1 unspecified atom stereocenters. The van der Waals surface area contributed by atoms with Crippen LogP contribution < -0.4 is 4.76 Å². The van der Waals surface area contributed by atoms with Crippen LogP contribution in [0.25, 0.3) is 11.0 Å². The van der Waals surface area contributed by atoms with Gasteiger partial charge in [-0.05, 0) is 63.7 Å². The van der Waals surface area contributed by atoms with Crippen molar-refractivity contribution in [2.75, 3.05) is 20.1 Å². The fourth-order valence-corrected chi connectivity index (χ4v) is 4.32. The first kappa shape index (κ1) is 21.9. The van der Waals surface area contributed by atoms with Crippen LogP contribution in [0.5, 0.6) is 0 Å². The van der Waals surface area contributed by atoms with Gasteiger partial charge in [0.05, 0.1) is 23.8 Å². The zero-order chi connectivity index (χ0) is 21.8. The fraction of sp³-hybridized carbons (Fsp3) is 0.455. The second kappa shape index (κ2) is 9.85. The van der Waals surface area contributed by atoms with Gasteiger partial charge in [0, 0.05) is 19.3 Å². The summed E-state index contributed by atoms with van der Waals surface area (Å²) in [7, 11) is 3.14. The van der Waals surface area contributed by atoms with Crippen LogP contribution in [0.15, 0.2) is 42.6 Å². The van der Waals surface area contributed by atoms with Crippen molar-refractivity contribution in [1.82, 2.24) is 24.4 Å². The molecule has 31 heavy (non-hydrogen) atoms. The van der Waals surface area contributed by atoms with E-state index < -0.39 is 7.05 Å². The second-order valence-corrected chi connectivity index (χ2v) is 8.19. The predicted octanol–water partition coefficient (Wildman–Crippen LogP) is 2.45. The lowest BCUT2D eigenvalue weighted by Crippen LogP contribution is -2.42. The van der Waals surface area contributed by atoms with Crippen LogP contribution in [-0.2, 0) is 13.0 Å². The number of fused-ring (bicyclic) bond motifs is 2. The second-order valence-electron chi connectivity index (χ2n) is 8.19. The Labute approximate surface area is 185 Å². The number of rotatable bonds is 9. The van der Waals surface area contributed by atoms with E-state index in [9.17, 15) is 5.02 Å². The molecular weight excluding hydrogens is 388 g/mol. The van der Waals surface area contributed by atoms with Crippen molar-refractivity contribution >= 4 is 25.6 Å². The number of aromatic nitrogens is 3. The standard InChI is InChI=1S/C22H30B2N5O2/c1-23-31-29-19-11-5-4-10-18(19)26-21(29)16-28(15-14-27(3)24(2)30)20-12-6-8-17-9-7-13-25-22(17)20/h4-5,7,9-11,13,20,30H,6,8,12,14-16H2,1-3H3. The molecule has 0 saturated heterocycles. The summed E-state index contributed by atoms with van der Waals surface area (Å²) in [6.07, 6.45) is 5.17. The number of likely N-dealkylation sites (N-methyl/N-ethyl adjacent to an activating group) is 1. The first-order chi connectivity index (χ1) is 15.1. The van der Waals surface area contributed by atoms with Gasteiger partial charge in [0.25, 0.3) is 0 Å². The average Bonchev–Trinajstić information content (AvgIpc) is 3.13. The topological polar surface area (TPSA) is 66.7 Å². The maximum atomic E-state index is 9.96. The summed E-state index contributed by atoms with van der Waals surface area (Å²) < 4.78 is 7.67. The maximum Gasteiger partial charge on any atom is 0.405 e. The molecule has 4 rings (SSSR count). The predicted molar refractivity (Wildman–Crippen MR) is 125 cm³/mol. The van der Waals surface area contributed by atoms with Crippen LogP contribution in [0, 0.1) is 0 Å². The van der Waals surface area contributed by atoms with Crippen molar-refractivity contribution in [3.8, 4) is 0 Å². The van der Waals surface area contributed by atoms with Crippen molar-refractivity contribution in [2.24, 2.45) is 0 Å².